The quantitative estimate of drug-likeness (QED) is 0.658. The summed E-state index contributed by atoms with van der Waals surface area (Å²) in [6.07, 6.45) is 3.46. The molecule has 0 atom stereocenters. The van der Waals surface area contributed by atoms with Gasteiger partial charge in [-0.05, 0) is 41.0 Å². The Bertz CT molecular complexity index is 466. The minimum atomic E-state index is 0.162. The molecule has 2 rings (SSSR count). The van der Waals surface area contributed by atoms with Gasteiger partial charge in [0.05, 0.1) is 5.69 Å². The lowest BCUT2D eigenvalue weighted by Gasteiger charge is -2.38. The van der Waals surface area contributed by atoms with E-state index in [2.05, 4.69) is 32.9 Å². The maximum absolute atomic E-state index is 10.8. The summed E-state index contributed by atoms with van der Waals surface area (Å²) in [5.74, 6) is 6.07. The van der Waals surface area contributed by atoms with E-state index >= 15 is 0 Å². The average Bonchev–Trinajstić information content (AvgIpc) is 2.34. The Balaban J connectivity index is 2.59. The fourth-order valence-electron chi connectivity index (χ4n) is 2.72. The van der Waals surface area contributed by atoms with Crippen LogP contribution >= 0.6 is 0 Å². The monoisotopic (exact) mass is 246 g/mol. The molecule has 0 radical (unpaired) electrons. The molecular formula is C15H22N2O. The second-order valence-electron chi connectivity index (χ2n) is 5.69. The first-order valence-electron chi connectivity index (χ1n) is 6.61. The van der Waals surface area contributed by atoms with Crippen LogP contribution in [0.5, 0.6) is 0 Å². The van der Waals surface area contributed by atoms with E-state index in [1.54, 1.807) is 0 Å². The van der Waals surface area contributed by atoms with Crippen molar-refractivity contribution in [3.63, 3.8) is 0 Å². The SMILES string of the molecule is CCc1cc2c(cc1CC=O)N(N)CCC2(C)C. The molecule has 98 valence electrons. The highest BCUT2D eigenvalue weighted by molar-refractivity contribution is 5.65. The Morgan fingerprint density at radius 2 is 2.11 bits per heavy atom. The van der Waals surface area contributed by atoms with Crippen LogP contribution < -0.4 is 10.9 Å². The lowest BCUT2D eigenvalue weighted by Crippen LogP contribution is -2.41. The molecule has 0 aromatic heterocycles. The summed E-state index contributed by atoms with van der Waals surface area (Å²) in [4.78, 5) is 10.8. The van der Waals surface area contributed by atoms with Gasteiger partial charge in [0, 0.05) is 13.0 Å². The molecule has 0 aliphatic carbocycles. The van der Waals surface area contributed by atoms with Crippen molar-refractivity contribution < 1.29 is 4.79 Å². The maximum Gasteiger partial charge on any atom is 0.124 e. The first kappa shape index (κ1) is 13.1. The normalized spacial score (nSPS) is 17.4. The van der Waals surface area contributed by atoms with E-state index < -0.39 is 0 Å². The molecular weight excluding hydrogens is 224 g/mol. The van der Waals surface area contributed by atoms with Crippen molar-refractivity contribution >= 4 is 12.0 Å². The Morgan fingerprint density at radius 3 is 2.72 bits per heavy atom. The smallest absolute Gasteiger partial charge is 0.124 e. The molecule has 0 bridgehead atoms. The van der Waals surface area contributed by atoms with Crippen LogP contribution in [-0.4, -0.2) is 12.8 Å². The molecule has 1 aromatic carbocycles. The highest BCUT2D eigenvalue weighted by Crippen LogP contribution is 2.40. The molecule has 3 heteroatoms. The van der Waals surface area contributed by atoms with Gasteiger partial charge in [0.2, 0.25) is 0 Å². The lowest BCUT2D eigenvalue weighted by molar-refractivity contribution is -0.107. The third kappa shape index (κ3) is 2.15. The van der Waals surface area contributed by atoms with E-state index in [0.29, 0.717) is 6.42 Å². The van der Waals surface area contributed by atoms with Crippen molar-refractivity contribution in [1.82, 2.24) is 0 Å². The van der Waals surface area contributed by atoms with E-state index in [-0.39, 0.29) is 5.41 Å². The first-order chi connectivity index (χ1) is 8.49. The van der Waals surface area contributed by atoms with Crippen LogP contribution in [0.3, 0.4) is 0 Å². The van der Waals surface area contributed by atoms with Gasteiger partial charge in [-0.1, -0.05) is 26.8 Å². The Labute approximate surface area is 109 Å². The molecule has 1 aliphatic rings. The number of aryl methyl sites for hydroxylation is 1. The summed E-state index contributed by atoms with van der Waals surface area (Å²) < 4.78 is 0. The van der Waals surface area contributed by atoms with Gasteiger partial charge in [-0.2, -0.15) is 0 Å². The molecule has 0 fully saturated rings. The molecule has 0 saturated heterocycles. The van der Waals surface area contributed by atoms with Crippen LogP contribution in [0.4, 0.5) is 5.69 Å². The van der Waals surface area contributed by atoms with E-state index in [1.165, 1.54) is 11.1 Å². The summed E-state index contributed by atoms with van der Waals surface area (Å²) >= 11 is 0. The van der Waals surface area contributed by atoms with Gasteiger partial charge in [0.25, 0.3) is 0 Å². The third-order valence-electron chi connectivity index (χ3n) is 4.02. The molecule has 1 aromatic rings. The van der Waals surface area contributed by atoms with Crippen molar-refractivity contribution in [2.75, 3.05) is 11.6 Å². The van der Waals surface area contributed by atoms with Gasteiger partial charge in [0.1, 0.15) is 6.29 Å². The highest BCUT2D eigenvalue weighted by Gasteiger charge is 2.31. The zero-order valence-electron chi connectivity index (χ0n) is 11.5. The summed E-state index contributed by atoms with van der Waals surface area (Å²) in [6.45, 7) is 7.52. The number of anilines is 1. The van der Waals surface area contributed by atoms with Crippen LogP contribution in [0.1, 0.15) is 43.9 Å². The fraction of sp³-hybridized carbons (Fsp3) is 0.533. The largest absolute Gasteiger partial charge is 0.311 e. The standard InChI is InChI=1S/C15H22N2O/c1-4-11-9-13-14(10-12(11)5-8-18)17(16)7-6-15(13,2)3/h8-10H,4-7,16H2,1-3H3. The van der Waals surface area contributed by atoms with Crippen LogP contribution in [-0.2, 0) is 23.1 Å². The molecule has 3 nitrogen and oxygen atoms in total. The Kier molecular flexibility index (Phi) is 3.44. The van der Waals surface area contributed by atoms with Gasteiger partial charge >= 0.3 is 0 Å². The van der Waals surface area contributed by atoms with Crippen molar-refractivity contribution in [2.45, 2.75) is 45.4 Å². The average molecular weight is 246 g/mol. The number of hydrazine groups is 1. The van der Waals surface area contributed by atoms with Gasteiger partial charge < -0.3 is 9.80 Å². The van der Waals surface area contributed by atoms with Gasteiger partial charge in [-0.25, -0.2) is 5.84 Å². The fourth-order valence-corrected chi connectivity index (χ4v) is 2.72. The first-order valence-corrected chi connectivity index (χ1v) is 6.61. The maximum atomic E-state index is 10.8. The Morgan fingerprint density at radius 1 is 1.39 bits per heavy atom. The minimum absolute atomic E-state index is 0.162. The van der Waals surface area contributed by atoms with E-state index in [1.807, 2.05) is 5.01 Å². The summed E-state index contributed by atoms with van der Waals surface area (Å²) in [5, 5.41) is 1.81. The highest BCUT2D eigenvalue weighted by atomic mass is 16.1. The number of aldehydes is 1. The van der Waals surface area contributed by atoms with Crippen molar-refractivity contribution in [3.05, 3.63) is 28.8 Å². The van der Waals surface area contributed by atoms with Crippen LogP contribution in [0.15, 0.2) is 12.1 Å². The van der Waals surface area contributed by atoms with Crippen LogP contribution in [0, 0.1) is 0 Å². The summed E-state index contributed by atoms with van der Waals surface area (Å²) in [6, 6.07) is 4.34. The second kappa shape index (κ2) is 4.73. The van der Waals surface area contributed by atoms with Crippen LogP contribution in [0.2, 0.25) is 0 Å². The minimum Gasteiger partial charge on any atom is -0.311 e. The van der Waals surface area contributed by atoms with Crippen molar-refractivity contribution in [1.29, 1.82) is 0 Å². The molecule has 1 aliphatic heterocycles. The molecule has 0 spiro atoms. The van der Waals surface area contributed by atoms with Gasteiger partial charge in [-0.3, -0.25) is 0 Å². The van der Waals surface area contributed by atoms with Crippen LogP contribution in [0.25, 0.3) is 0 Å². The van der Waals surface area contributed by atoms with Gasteiger partial charge in [-0.15, -0.1) is 0 Å². The van der Waals surface area contributed by atoms with E-state index in [0.717, 1.165) is 36.9 Å². The third-order valence-corrected chi connectivity index (χ3v) is 4.02. The summed E-state index contributed by atoms with van der Waals surface area (Å²) in [7, 11) is 0. The second-order valence-corrected chi connectivity index (χ2v) is 5.69. The molecule has 1 heterocycles. The Hall–Kier alpha value is -1.35. The number of nitrogens with two attached hydrogens (primary N) is 1. The molecule has 0 amide bonds. The number of hydrogen-bond donors (Lipinski definition) is 1. The number of carbonyl (C=O) groups excluding carboxylic acids is 1. The van der Waals surface area contributed by atoms with E-state index in [4.69, 9.17) is 5.84 Å². The number of rotatable bonds is 3. The predicted octanol–water partition coefficient (Wildman–Crippen LogP) is 2.35. The topological polar surface area (TPSA) is 46.3 Å². The number of fused-ring (bicyclic) bond motifs is 1. The summed E-state index contributed by atoms with van der Waals surface area (Å²) in [5.41, 5.74) is 4.93. The molecule has 18 heavy (non-hydrogen) atoms. The molecule has 2 N–H and O–H groups in total. The molecule has 0 saturated carbocycles. The van der Waals surface area contributed by atoms with Gasteiger partial charge in [0.15, 0.2) is 0 Å². The predicted molar refractivity (Wildman–Crippen MR) is 74.8 cm³/mol. The van der Waals surface area contributed by atoms with Crippen molar-refractivity contribution in [2.24, 2.45) is 5.84 Å². The van der Waals surface area contributed by atoms with Crippen molar-refractivity contribution in [3.8, 4) is 0 Å². The number of carbonyl (C=O) groups is 1. The molecule has 0 unspecified atom stereocenters. The number of benzene rings is 1. The number of hydrogen-bond acceptors (Lipinski definition) is 3. The zero-order chi connectivity index (χ0) is 13.3. The zero-order valence-corrected chi connectivity index (χ0v) is 11.5. The van der Waals surface area contributed by atoms with E-state index in [9.17, 15) is 4.79 Å². The lowest BCUT2D eigenvalue weighted by atomic mass is 9.76. The number of nitrogens with zero attached hydrogens (tertiary/aromatic N) is 1.